The number of nitrogens with zero attached hydrogens (tertiary/aromatic N) is 4. The summed E-state index contributed by atoms with van der Waals surface area (Å²) >= 11 is 7.49. The molecule has 2 saturated heterocycles. The molecule has 330 valence electrons. The minimum atomic E-state index is -0.713. The van der Waals surface area contributed by atoms with E-state index in [-0.39, 0.29) is 35.7 Å². The highest BCUT2D eigenvalue weighted by molar-refractivity contribution is 9.11. The Morgan fingerprint density at radius 2 is 1.32 bits per heavy atom. The number of nitrogens with one attached hydrogen (secondary N) is 3. The number of alkyl carbamates (subject to hydrolysis) is 2. The molecule has 3 aromatic rings. The van der Waals surface area contributed by atoms with Gasteiger partial charge in [-0.3, -0.25) is 9.59 Å². The van der Waals surface area contributed by atoms with Crippen molar-refractivity contribution in [1.29, 1.82) is 0 Å². The van der Waals surface area contributed by atoms with Crippen molar-refractivity contribution in [3.05, 3.63) is 56.0 Å². The van der Waals surface area contributed by atoms with Crippen molar-refractivity contribution in [1.82, 2.24) is 30.4 Å². The fourth-order valence-electron chi connectivity index (χ4n) is 9.40. The highest BCUT2D eigenvalue weighted by atomic mass is 79.9. The lowest BCUT2D eigenvalue weighted by atomic mass is 9.86. The molecule has 62 heavy (non-hydrogen) atoms. The van der Waals surface area contributed by atoms with E-state index in [1.807, 2.05) is 43.6 Å². The van der Waals surface area contributed by atoms with Crippen LogP contribution < -0.4 is 20.1 Å². The summed E-state index contributed by atoms with van der Waals surface area (Å²) in [6.07, 6.45) is 3.94. The Kier molecular flexibility index (Phi) is 12.7. The van der Waals surface area contributed by atoms with Crippen LogP contribution in [0.3, 0.4) is 0 Å². The summed E-state index contributed by atoms with van der Waals surface area (Å²) < 4.78 is 24.1. The van der Waals surface area contributed by atoms with Crippen LogP contribution >= 0.6 is 31.9 Å². The predicted molar refractivity (Wildman–Crippen MR) is 240 cm³/mol. The number of hydrogen-bond acceptors (Lipinski definition) is 10. The van der Waals surface area contributed by atoms with Gasteiger partial charge in [0.2, 0.25) is 11.8 Å². The van der Waals surface area contributed by atoms with E-state index in [1.54, 1.807) is 0 Å². The Morgan fingerprint density at radius 3 is 1.87 bits per heavy atom. The summed E-state index contributed by atoms with van der Waals surface area (Å²) in [6.45, 7) is 9.73. The number of H-pyrrole nitrogens is 1. The molecule has 2 fully saturated rings. The Bertz CT molecular complexity index is 2310. The number of hydrogen-bond donors (Lipinski definition) is 3. The molecule has 4 amide bonds. The van der Waals surface area contributed by atoms with Crippen molar-refractivity contribution in [3.63, 3.8) is 0 Å². The average Bonchev–Trinajstić information content (AvgIpc) is 4.12. The van der Waals surface area contributed by atoms with E-state index in [1.165, 1.54) is 14.2 Å². The number of aliphatic imine (C=N–C) groups is 1. The van der Waals surface area contributed by atoms with E-state index in [9.17, 15) is 19.2 Å². The molecular weight excluding hydrogens is 926 g/mol. The second kappa shape index (κ2) is 18.1. The van der Waals surface area contributed by atoms with Crippen LogP contribution in [0.4, 0.5) is 9.59 Å². The van der Waals surface area contributed by atoms with Gasteiger partial charge < -0.3 is 44.4 Å². The van der Waals surface area contributed by atoms with Crippen LogP contribution in [0.5, 0.6) is 11.5 Å². The molecule has 0 unspecified atom stereocenters. The number of aromatic nitrogens is 2. The molecule has 0 aliphatic carbocycles. The first-order chi connectivity index (χ1) is 29.8. The first-order valence-electron chi connectivity index (χ1n) is 21.5. The second-order valence-corrected chi connectivity index (χ2v) is 18.3. The zero-order valence-electron chi connectivity index (χ0n) is 35.9. The molecule has 3 N–H and O–H groups in total. The topological polar surface area (TPSA) is 177 Å². The largest absolute Gasteiger partial charge is 0.488 e. The summed E-state index contributed by atoms with van der Waals surface area (Å²) in [6, 6.07) is 6.47. The molecule has 0 radical (unpaired) electrons. The van der Waals surface area contributed by atoms with Crippen LogP contribution in [0.1, 0.15) is 101 Å². The summed E-state index contributed by atoms with van der Waals surface area (Å²) in [5, 5.41) is 5.53. The number of rotatable bonds is 12. The number of aromatic amines is 1. The minimum Gasteiger partial charge on any atom is -0.488 e. The Morgan fingerprint density at radius 1 is 0.806 bits per heavy atom. The van der Waals surface area contributed by atoms with Gasteiger partial charge in [-0.1, -0.05) is 40.5 Å². The smallest absolute Gasteiger partial charge is 0.407 e. The second-order valence-electron chi connectivity index (χ2n) is 16.8. The maximum atomic E-state index is 13.9. The number of ether oxygens (including phenoxy) is 4. The van der Waals surface area contributed by atoms with Crippen LogP contribution in [0.25, 0.3) is 28.0 Å². The normalized spacial score (nSPS) is 20.7. The average molecular weight is 980 g/mol. The SMILES string of the molecule is CC[C@H](C)[C@H](NC(=O)OC)C(=O)N1CCC[C@H]1C1=NC(Br)=C(c2cc3c4c(c2)OCc2cc(-c5nc([C@@H]6CCCN6C(=O)[C@@H](NC(=O)OC)[C@@H](C)CC)[nH]c5Br)cc(c2-4)OC3)C1. The molecule has 5 aliphatic heterocycles. The molecule has 0 spiro atoms. The van der Waals surface area contributed by atoms with Crippen molar-refractivity contribution >= 4 is 67.1 Å². The van der Waals surface area contributed by atoms with Gasteiger partial charge in [0.05, 0.1) is 26.3 Å². The molecular formula is C45H53Br2N7O8. The zero-order chi connectivity index (χ0) is 44.0. The van der Waals surface area contributed by atoms with Gasteiger partial charge in [-0.15, -0.1) is 0 Å². The van der Waals surface area contributed by atoms with Crippen molar-refractivity contribution in [3.8, 4) is 33.9 Å². The summed E-state index contributed by atoms with van der Waals surface area (Å²) in [4.78, 5) is 69.4. The van der Waals surface area contributed by atoms with Gasteiger partial charge in [0, 0.05) is 53.0 Å². The minimum absolute atomic E-state index is 0.0694. The number of imidazole rings is 1. The molecule has 6 heterocycles. The predicted octanol–water partition coefficient (Wildman–Crippen LogP) is 8.40. The zero-order valence-corrected chi connectivity index (χ0v) is 39.0. The maximum Gasteiger partial charge on any atom is 0.407 e. The number of likely N-dealkylation sites (tertiary alicyclic amines) is 2. The van der Waals surface area contributed by atoms with Crippen molar-refractivity contribution in [2.75, 3.05) is 27.3 Å². The van der Waals surface area contributed by atoms with Crippen LogP contribution in [0.15, 0.2) is 38.5 Å². The number of halogens is 2. The molecule has 1 aromatic heterocycles. The molecule has 0 saturated carbocycles. The van der Waals surface area contributed by atoms with Crippen LogP contribution in [-0.4, -0.2) is 94.9 Å². The molecule has 0 bridgehead atoms. The molecule has 17 heteroatoms. The van der Waals surface area contributed by atoms with Gasteiger partial charge >= 0.3 is 12.2 Å². The lowest BCUT2D eigenvalue weighted by Crippen LogP contribution is -2.54. The monoisotopic (exact) mass is 977 g/mol. The first-order valence-corrected chi connectivity index (χ1v) is 23.1. The van der Waals surface area contributed by atoms with Crippen molar-refractivity contribution in [2.24, 2.45) is 16.8 Å². The lowest BCUT2D eigenvalue weighted by Gasteiger charge is -2.32. The molecule has 2 aromatic carbocycles. The lowest BCUT2D eigenvalue weighted by molar-refractivity contribution is -0.136. The highest BCUT2D eigenvalue weighted by Crippen LogP contribution is 2.52. The van der Waals surface area contributed by atoms with E-state index >= 15 is 0 Å². The number of amides is 4. The molecule has 6 atom stereocenters. The van der Waals surface area contributed by atoms with Crippen LogP contribution in [-0.2, 0) is 32.3 Å². The standard InChI is InChI=1S/C45H53Br2N7O8/c1-7-22(3)36(50-44(57)59-5)42(55)53-13-9-11-30(53)29-19-28(39(46)48-29)24-15-26-20-62-33-18-25(16-27-21-61-32(17-24)34(26)35(27)33)38-40(47)52-41(49-38)31-12-10-14-54(31)43(56)37(23(4)8-2)51-45(58)60-6/h15-18,22-23,30-31,36-37H,7-14,19-21H2,1-6H3,(H,49,52)(H,50,57)(H,51,58)/t22-,23-,30-,31-,36-,37-/m0/s1. The van der Waals surface area contributed by atoms with Crippen LogP contribution in [0, 0.1) is 11.8 Å². The third kappa shape index (κ3) is 8.10. The Labute approximate surface area is 378 Å². The van der Waals surface area contributed by atoms with E-state index in [0.717, 1.165) is 92.9 Å². The first kappa shape index (κ1) is 43.7. The number of carbonyl (C=O) groups is 4. The summed E-state index contributed by atoms with van der Waals surface area (Å²) in [5.74, 6) is 1.77. The van der Waals surface area contributed by atoms with Crippen molar-refractivity contribution in [2.45, 2.75) is 110 Å². The quantitative estimate of drug-likeness (QED) is 0.151. The van der Waals surface area contributed by atoms with Gasteiger partial charge in [-0.25, -0.2) is 19.6 Å². The number of methoxy groups -OCH3 is 2. The Balaban J connectivity index is 1.01. The molecule has 8 rings (SSSR count). The van der Waals surface area contributed by atoms with Crippen LogP contribution in [0.2, 0.25) is 0 Å². The third-order valence-corrected chi connectivity index (χ3v) is 14.4. The van der Waals surface area contributed by atoms with Gasteiger partial charge in [0.1, 0.15) is 57.5 Å². The fourth-order valence-corrected chi connectivity index (χ4v) is 10.5. The van der Waals surface area contributed by atoms with E-state index < -0.39 is 24.3 Å². The summed E-state index contributed by atoms with van der Waals surface area (Å²) in [5.41, 5.74) is 8.45. The van der Waals surface area contributed by atoms with E-state index in [0.29, 0.717) is 55.3 Å². The molecule has 5 aliphatic rings. The number of benzene rings is 2. The van der Waals surface area contributed by atoms with Gasteiger partial charge in [0.15, 0.2) is 0 Å². The molecule has 15 nitrogen and oxygen atoms in total. The highest BCUT2D eigenvalue weighted by Gasteiger charge is 2.41. The maximum absolute atomic E-state index is 13.9. The summed E-state index contributed by atoms with van der Waals surface area (Å²) in [7, 11) is 2.60. The van der Waals surface area contributed by atoms with Gasteiger partial charge in [-0.05, 0) is 105 Å². The number of allylic oxidation sites excluding steroid dienone is 1. The van der Waals surface area contributed by atoms with Gasteiger partial charge in [-0.2, -0.15) is 0 Å². The Hall–Kier alpha value is -4.90. The van der Waals surface area contributed by atoms with E-state index in [4.69, 9.17) is 28.9 Å². The fraction of sp³-hybridized carbons (Fsp3) is 0.511. The number of carbonyl (C=O) groups excluding carboxylic acids is 4. The van der Waals surface area contributed by atoms with Gasteiger partial charge in [0.25, 0.3) is 0 Å². The van der Waals surface area contributed by atoms with E-state index in [2.05, 4.69) is 65.7 Å². The third-order valence-electron chi connectivity index (χ3n) is 13.2. The van der Waals surface area contributed by atoms with Crippen molar-refractivity contribution < 1.29 is 38.1 Å².